The summed E-state index contributed by atoms with van der Waals surface area (Å²) in [6, 6.07) is 10.6. The summed E-state index contributed by atoms with van der Waals surface area (Å²) in [6.07, 6.45) is -0.247. The molecule has 2 aromatic carbocycles. The van der Waals surface area contributed by atoms with E-state index in [0.29, 0.717) is 11.3 Å². The minimum Gasteiger partial charge on any atom is -0.370 e. The molecule has 1 saturated heterocycles. The molecule has 0 aromatic heterocycles. The zero-order chi connectivity index (χ0) is 19.4. The first kappa shape index (κ1) is 19.3. The van der Waals surface area contributed by atoms with Gasteiger partial charge in [-0.1, -0.05) is 30.5 Å². The van der Waals surface area contributed by atoms with E-state index < -0.39 is 17.6 Å². The van der Waals surface area contributed by atoms with Gasteiger partial charge in [-0.3, -0.25) is 4.79 Å². The number of hydrogen-bond acceptors (Lipinski definition) is 2. The van der Waals surface area contributed by atoms with Gasteiger partial charge in [-0.05, 0) is 50.1 Å². The van der Waals surface area contributed by atoms with E-state index in [9.17, 15) is 18.0 Å². The average Bonchev–Trinajstić information content (AvgIpc) is 2.90. The van der Waals surface area contributed by atoms with Gasteiger partial charge in [0, 0.05) is 18.7 Å². The zero-order valence-corrected chi connectivity index (χ0v) is 15.3. The third-order valence-electron chi connectivity index (χ3n) is 4.80. The first-order chi connectivity index (χ1) is 12.8. The molecule has 1 aliphatic rings. The van der Waals surface area contributed by atoms with Gasteiger partial charge >= 0.3 is 6.18 Å². The topological polar surface area (TPSA) is 32.3 Å². The number of amides is 1. The van der Waals surface area contributed by atoms with E-state index in [-0.39, 0.29) is 5.69 Å². The number of carbonyl (C=O) groups is 1. The molecule has 3 nitrogen and oxygen atoms in total. The van der Waals surface area contributed by atoms with Crippen LogP contribution in [0.1, 0.15) is 47.2 Å². The fourth-order valence-electron chi connectivity index (χ4n) is 3.38. The first-order valence-corrected chi connectivity index (χ1v) is 9.19. The SMILES string of the molecule is Cc1cccc(C(=O)Nc2cc(C(F)(F)F)ccc2N2CCCCCC2)c1. The van der Waals surface area contributed by atoms with Crippen molar-refractivity contribution in [3.63, 3.8) is 0 Å². The fourth-order valence-corrected chi connectivity index (χ4v) is 3.38. The minimum atomic E-state index is -4.46. The quantitative estimate of drug-likeness (QED) is 0.751. The Morgan fingerprint density at radius 3 is 2.33 bits per heavy atom. The summed E-state index contributed by atoms with van der Waals surface area (Å²) in [4.78, 5) is 14.7. The number of nitrogens with zero attached hydrogens (tertiary/aromatic N) is 1. The van der Waals surface area contributed by atoms with Crippen molar-refractivity contribution in [1.82, 2.24) is 0 Å². The molecule has 1 amide bonds. The number of alkyl halides is 3. The highest BCUT2D eigenvalue weighted by Crippen LogP contribution is 2.36. The Labute approximate surface area is 157 Å². The van der Waals surface area contributed by atoms with Gasteiger partial charge < -0.3 is 10.2 Å². The molecule has 0 unspecified atom stereocenters. The van der Waals surface area contributed by atoms with Crippen LogP contribution in [0.15, 0.2) is 42.5 Å². The molecule has 27 heavy (non-hydrogen) atoms. The Hall–Kier alpha value is -2.50. The van der Waals surface area contributed by atoms with Crippen LogP contribution >= 0.6 is 0 Å². The van der Waals surface area contributed by atoms with Crippen molar-refractivity contribution in [2.45, 2.75) is 38.8 Å². The molecule has 1 N–H and O–H groups in total. The van der Waals surface area contributed by atoms with Crippen LogP contribution in [-0.4, -0.2) is 19.0 Å². The molecule has 2 aromatic rings. The second kappa shape index (κ2) is 8.03. The molecule has 0 atom stereocenters. The molecule has 1 fully saturated rings. The summed E-state index contributed by atoms with van der Waals surface area (Å²) >= 11 is 0. The molecule has 1 heterocycles. The predicted octanol–water partition coefficient (Wildman–Crippen LogP) is 5.65. The Bertz CT molecular complexity index is 809. The smallest absolute Gasteiger partial charge is 0.370 e. The third kappa shape index (κ3) is 4.81. The van der Waals surface area contributed by atoms with E-state index in [0.717, 1.165) is 56.5 Å². The number of carbonyl (C=O) groups excluding carboxylic acids is 1. The van der Waals surface area contributed by atoms with Gasteiger partial charge in [0.05, 0.1) is 16.9 Å². The van der Waals surface area contributed by atoms with Gasteiger partial charge in [0.1, 0.15) is 0 Å². The predicted molar refractivity (Wildman–Crippen MR) is 101 cm³/mol. The van der Waals surface area contributed by atoms with Crippen LogP contribution in [-0.2, 0) is 6.18 Å². The maximum Gasteiger partial charge on any atom is 0.416 e. The van der Waals surface area contributed by atoms with E-state index in [1.165, 1.54) is 6.07 Å². The monoisotopic (exact) mass is 376 g/mol. The molecule has 1 aliphatic heterocycles. The Morgan fingerprint density at radius 1 is 1.00 bits per heavy atom. The molecule has 0 bridgehead atoms. The van der Waals surface area contributed by atoms with Crippen molar-refractivity contribution in [2.75, 3.05) is 23.3 Å². The van der Waals surface area contributed by atoms with Crippen LogP contribution in [0.25, 0.3) is 0 Å². The number of aryl methyl sites for hydroxylation is 1. The van der Waals surface area contributed by atoms with E-state index in [4.69, 9.17) is 0 Å². The molecule has 0 radical (unpaired) electrons. The Balaban J connectivity index is 1.95. The summed E-state index contributed by atoms with van der Waals surface area (Å²) in [5.74, 6) is -0.408. The van der Waals surface area contributed by atoms with Crippen LogP contribution in [0.5, 0.6) is 0 Å². The normalized spacial score (nSPS) is 15.3. The zero-order valence-electron chi connectivity index (χ0n) is 15.3. The van der Waals surface area contributed by atoms with Gasteiger partial charge in [0.25, 0.3) is 5.91 Å². The largest absolute Gasteiger partial charge is 0.416 e. The van der Waals surface area contributed by atoms with E-state index in [1.807, 2.05) is 13.0 Å². The highest BCUT2D eigenvalue weighted by atomic mass is 19.4. The lowest BCUT2D eigenvalue weighted by atomic mass is 10.1. The summed E-state index contributed by atoms with van der Waals surface area (Å²) in [6.45, 7) is 3.42. The third-order valence-corrected chi connectivity index (χ3v) is 4.80. The van der Waals surface area contributed by atoms with Crippen molar-refractivity contribution >= 4 is 17.3 Å². The summed E-state index contributed by atoms with van der Waals surface area (Å²) < 4.78 is 39.6. The van der Waals surface area contributed by atoms with Gasteiger partial charge in [-0.2, -0.15) is 13.2 Å². The maximum absolute atomic E-state index is 13.2. The lowest BCUT2D eigenvalue weighted by Gasteiger charge is -2.26. The van der Waals surface area contributed by atoms with Gasteiger partial charge in [0.2, 0.25) is 0 Å². The molecular weight excluding hydrogens is 353 g/mol. The second-order valence-corrected chi connectivity index (χ2v) is 6.95. The van der Waals surface area contributed by atoms with Gasteiger partial charge in [-0.15, -0.1) is 0 Å². The number of nitrogens with one attached hydrogen (secondary N) is 1. The molecule has 3 rings (SSSR count). The summed E-state index contributed by atoms with van der Waals surface area (Å²) in [7, 11) is 0. The van der Waals surface area contributed by atoms with Crippen molar-refractivity contribution in [1.29, 1.82) is 0 Å². The Morgan fingerprint density at radius 2 is 1.70 bits per heavy atom. The minimum absolute atomic E-state index is 0.207. The fraction of sp³-hybridized carbons (Fsp3) is 0.381. The van der Waals surface area contributed by atoms with Crippen molar-refractivity contribution in [3.05, 3.63) is 59.2 Å². The molecule has 144 valence electrons. The summed E-state index contributed by atoms with van der Waals surface area (Å²) in [5, 5.41) is 2.70. The lowest BCUT2D eigenvalue weighted by molar-refractivity contribution is -0.137. The summed E-state index contributed by atoms with van der Waals surface area (Å²) in [5.41, 5.74) is 1.43. The lowest BCUT2D eigenvalue weighted by Crippen LogP contribution is -2.26. The number of benzene rings is 2. The van der Waals surface area contributed by atoms with Crippen molar-refractivity contribution in [3.8, 4) is 0 Å². The number of halogens is 3. The molecule has 0 saturated carbocycles. The van der Waals surface area contributed by atoms with Crippen LogP contribution in [0, 0.1) is 6.92 Å². The van der Waals surface area contributed by atoms with Crippen molar-refractivity contribution in [2.24, 2.45) is 0 Å². The molecular formula is C21H23F3N2O. The van der Waals surface area contributed by atoms with E-state index in [1.54, 1.807) is 18.2 Å². The number of anilines is 2. The molecule has 6 heteroatoms. The van der Waals surface area contributed by atoms with E-state index >= 15 is 0 Å². The highest BCUT2D eigenvalue weighted by Gasteiger charge is 2.31. The van der Waals surface area contributed by atoms with Crippen LogP contribution in [0.2, 0.25) is 0 Å². The van der Waals surface area contributed by atoms with Crippen LogP contribution in [0.3, 0.4) is 0 Å². The van der Waals surface area contributed by atoms with E-state index in [2.05, 4.69) is 10.2 Å². The number of hydrogen-bond donors (Lipinski definition) is 1. The second-order valence-electron chi connectivity index (χ2n) is 6.95. The van der Waals surface area contributed by atoms with Crippen molar-refractivity contribution < 1.29 is 18.0 Å². The highest BCUT2D eigenvalue weighted by molar-refractivity contribution is 6.06. The molecule has 0 aliphatic carbocycles. The standard InChI is InChI=1S/C21H23F3N2O/c1-15-7-6-8-16(13-15)20(27)25-18-14-17(21(22,23)24)9-10-19(18)26-11-4-2-3-5-12-26/h6-10,13-14H,2-5,11-12H2,1H3,(H,25,27). The Kier molecular flexibility index (Phi) is 5.73. The van der Waals surface area contributed by atoms with Crippen LogP contribution in [0.4, 0.5) is 24.5 Å². The number of rotatable bonds is 3. The van der Waals surface area contributed by atoms with Gasteiger partial charge in [-0.25, -0.2) is 0 Å². The van der Waals surface area contributed by atoms with Gasteiger partial charge in [0.15, 0.2) is 0 Å². The molecule has 0 spiro atoms. The maximum atomic E-state index is 13.2. The van der Waals surface area contributed by atoms with Crippen LogP contribution < -0.4 is 10.2 Å². The first-order valence-electron chi connectivity index (χ1n) is 9.19. The average molecular weight is 376 g/mol.